The van der Waals surface area contributed by atoms with E-state index in [4.69, 9.17) is 4.74 Å². The van der Waals surface area contributed by atoms with E-state index in [1.165, 1.54) is 6.07 Å². The summed E-state index contributed by atoms with van der Waals surface area (Å²) >= 11 is 0. The number of ether oxygens (including phenoxy) is 1. The van der Waals surface area contributed by atoms with Crippen molar-refractivity contribution in [3.63, 3.8) is 0 Å². The molecule has 1 aliphatic rings. The van der Waals surface area contributed by atoms with E-state index in [2.05, 4.69) is 25.5 Å². The van der Waals surface area contributed by atoms with Gasteiger partial charge in [-0.25, -0.2) is 9.37 Å². The second-order valence-electron chi connectivity index (χ2n) is 7.41. The van der Waals surface area contributed by atoms with Crippen LogP contribution in [0.15, 0.2) is 48.5 Å². The second-order valence-corrected chi connectivity index (χ2v) is 7.41. The third-order valence-corrected chi connectivity index (χ3v) is 4.99. The average molecular weight is 421 g/mol. The fraction of sp³-hybridized carbons (Fsp3) is 0.261. The van der Waals surface area contributed by atoms with Crippen LogP contribution in [0.3, 0.4) is 0 Å². The zero-order valence-electron chi connectivity index (χ0n) is 17.5. The first-order valence-electron chi connectivity index (χ1n) is 10.1. The van der Waals surface area contributed by atoms with E-state index in [-0.39, 0.29) is 11.5 Å². The van der Waals surface area contributed by atoms with Gasteiger partial charge in [0, 0.05) is 41.8 Å². The first-order valence-corrected chi connectivity index (χ1v) is 10.1. The molecule has 2 aromatic carbocycles. The smallest absolute Gasteiger partial charge is 0.255 e. The van der Waals surface area contributed by atoms with Crippen molar-refractivity contribution < 1.29 is 13.9 Å². The molecule has 0 atom stereocenters. The molecule has 3 aromatic rings. The summed E-state index contributed by atoms with van der Waals surface area (Å²) in [6.45, 7) is 6.46. The van der Waals surface area contributed by atoms with Crippen LogP contribution in [0.25, 0.3) is 0 Å². The summed E-state index contributed by atoms with van der Waals surface area (Å²) in [4.78, 5) is 23.6. The number of rotatable bonds is 5. The number of carbonyl (C=O) groups excluding carboxylic acids is 1. The summed E-state index contributed by atoms with van der Waals surface area (Å²) in [7, 11) is 0. The summed E-state index contributed by atoms with van der Waals surface area (Å²) in [5, 5.41) is 6.06. The molecular weight excluding hydrogens is 397 g/mol. The number of nitrogens with one attached hydrogen (secondary N) is 2. The van der Waals surface area contributed by atoms with E-state index >= 15 is 0 Å². The van der Waals surface area contributed by atoms with Crippen LogP contribution in [0, 0.1) is 19.7 Å². The Hall–Kier alpha value is -3.52. The van der Waals surface area contributed by atoms with Gasteiger partial charge in [0.25, 0.3) is 5.91 Å². The molecule has 0 bridgehead atoms. The van der Waals surface area contributed by atoms with Crippen molar-refractivity contribution in [2.45, 2.75) is 13.8 Å². The van der Waals surface area contributed by atoms with Gasteiger partial charge in [0.15, 0.2) is 0 Å². The molecule has 1 amide bonds. The second kappa shape index (κ2) is 9.09. The SMILES string of the molecule is Cc1cc(Nc2ccc(NC(=O)c3ccc(C)c(F)c3)cc2)nc(N2CCOCC2)n1. The number of halogens is 1. The average Bonchev–Trinajstić information content (AvgIpc) is 2.77. The topological polar surface area (TPSA) is 79.4 Å². The van der Waals surface area contributed by atoms with Gasteiger partial charge in [-0.3, -0.25) is 4.79 Å². The number of anilines is 4. The number of morpholine rings is 1. The maximum absolute atomic E-state index is 13.7. The summed E-state index contributed by atoms with van der Waals surface area (Å²) in [6, 6.07) is 13.6. The molecule has 4 rings (SSSR count). The molecule has 0 aliphatic carbocycles. The zero-order valence-corrected chi connectivity index (χ0v) is 17.5. The molecule has 1 fully saturated rings. The number of benzene rings is 2. The Morgan fingerprint density at radius 1 is 1.00 bits per heavy atom. The van der Waals surface area contributed by atoms with E-state index in [1.54, 1.807) is 31.2 Å². The van der Waals surface area contributed by atoms with Gasteiger partial charge in [-0.2, -0.15) is 4.98 Å². The number of amides is 1. The molecule has 31 heavy (non-hydrogen) atoms. The van der Waals surface area contributed by atoms with Gasteiger partial charge in [-0.05, 0) is 55.8 Å². The van der Waals surface area contributed by atoms with E-state index in [1.807, 2.05) is 25.1 Å². The zero-order chi connectivity index (χ0) is 21.8. The minimum absolute atomic E-state index is 0.275. The van der Waals surface area contributed by atoms with Gasteiger partial charge in [-0.1, -0.05) is 6.07 Å². The quantitative estimate of drug-likeness (QED) is 0.647. The van der Waals surface area contributed by atoms with Crippen LogP contribution in [0.4, 0.5) is 27.5 Å². The predicted molar refractivity (Wildman–Crippen MR) is 119 cm³/mol. The lowest BCUT2D eigenvalue weighted by Gasteiger charge is -2.27. The Balaban J connectivity index is 1.43. The van der Waals surface area contributed by atoms with Gasteiger partial charge in [0.2, 0.25) is 5.95 Å². The number of nitrogens with zero attached hydrogens (tertiary/aromatic N) is 3. The highest BCUT2D eigenvalue weighted by molar-refractivity contribution is 6.04. The molecule has 1 aliphatic heterocycles. The standard InChI is InChI=1S/C23H24FN5O2/c1-15-3-4-17(14-20(15)24)22(30)27-19-7-5-18(6-8-19)26-21-13-16(2)25-23(28-21)29-9-11-31-12-10-29/h3-8,13-14H,9-12H2,1-2H3,(H,27,30)(H,25,26,28). The molecule has 2 heterocycles. The van der Waals surface area contributed by atoms with E-state index in [9.17, 15) is 9.18 Å². The molecule has 0 radical (unpaired) electrons. The summed E-state index contributed by atoms with van der Waals surface area (Å²) in [6.07, 6.45) is 0. The molecule has 1 saturated heterocycles. The lowest BCUT2D eigenvalue weighted by Crippen LogP contribution is -2.37. The first kappa shape index (κ1) is 20.7. The van der Waals surface area contributed by atoms with Crippen molar-refractivity contribution >= 4 is 29.0 Å². The van der Waals surface area contributed by atoms with Crippen LogP contribution in [0.5, 0.6) is 0 Å². The fourth-order valence-corrected chi connectivity index (χ4v) is 3.24. The van der Waals surface area contributed by atoms with Crippen molar-refractivity contribution in [2.24, 2.45) is 0 Å². The van der Waals surface area contributed by atoms with Crippen LogP contribution in [0.2, 0.25) is 0 Å². The number of carbonyl (C=O) groups is 1. The molecular formula is C23H24FN5O2. The Bertz CT molecular complexity index is 1080. The highest BCUT2D eigenvalue weighted by Gasteiger charge is 2.15. The van der Waals surface area contributed by atoms with Crippen molar-refractivity contribution in [3.8, 4) is 0 Å². The van der Waals surface area contributed by atoms with E-state index < -0.39 is 5.82 Å². The van der Waals surface area contributed by atoms with Crippen LogP contribution < -0.4 is 15.5 Å². The van der Waals surface area contributed by atoms with Crippen molar-refractivity contribution in [1.29, 1.82) is 0 Å². The number of aromatic nitrogens is 2. The van der Waals surface area contributed by atoms with Gasteiger partial charge >= 0.3 is 0 Å². The molecule has 7 nitrogen and oxygen atoms in total. The summed E-state index contributed by atoms with van der Waals surface area (Å²) in [5.74, 6) is 0.617. The van der Waals surface area contributed by atoms with Gasteiger partial charge in [-0.15, -0.1) is 0 Å². The van der Waals surface area contributed by atoms with Gasteiger partial charge in [0.1, 0.15) is 11.6 Å². The maximum atomic E-state index is 13.7. The largest absolute Gasteiger partial charge is 0.378 e. The number of hydrogen-bond donors (Lipinski definition) is 2. The Morgan fingerprint density at radius 3 is 2.42 bits per heavy atom. The molecule has 1 aromatic heterocycles. The maximum Gasteiger partial charge on any atom is 0.255 e. The van der Waals surface area contributed by atoms with Gasteiger partial charge < -0.3 is 20.3 Å². The third-order valence-electron chi connectivity index (χ3n) is 4.99. The van der Waals surface area contributed by atoms with Crippen LogP contribution in [-0.2, 0) is 4.74 Å². The highest BCUT2D eigenvalue weighted by Crippen LogP contribution is 2.21. The van der Waals surface area contributed by atoms with E-state index in [0.29, 0.717) is 36.2 Å². The minimum atomic E-state index is -0.399. The summed E-state index contributed by atoms with van der Waals surface area (Å²) in [5.41, 5.74) is 3.09. The van der Waals surface area contributed by atoms with Crippen molar-refractivity contribution in [2.75, 3.05) is 41.8 Å². The molecule has 0 spiro atoms. The van der Waals surface area contributed by atoms with Crippen molar-refractivity contribution in [3.05, 3.63) is 71.2 Å². The summed E-state index contributed by atoms with van der Waals surface area (Å²) < 4.78 is 19.1. The third kappa shape index (κ3) is 5.16. The van der Waals surface area contributed by atoms with Crippen LogP contribution >= 0.6 is 0 Å². The molecule has 0 unspecified atom stereocenters. The lowest BCUT2D eigenvalue weighted by molar-refractivity contribution is 0.102. The molecule has 8 heteroatoms. The predicted octanol–water partition coefficient (Wildman–Crippen LogP) is 4.07. The number of hydrogen-bond acceptors (Lipinski definition) is 6. The molecule has 160 valence electrons. The molecule has 0 saturated carbocycles. The highest BCUT2D eigenvalue weighted by atomic mass is 19.1. The lowest BCUT2D eigenvalue weighted by atomic mass is 10.1. The Kier molecular flexibility index (Phi) is 6.08. The van der Waals surface area contributed by atoms with Crippen LogP contribution in [0.1, 0.15) is 21.6 Å². The van der Waals surface area contributed by atoms with E-state index in [0.717, 1.165) is 24.5 Å². The fourth-order valence-electron chi connectivity index (χ4n) is 3.24. The van der Waals surface area contributed by atoms with Crippen LogP contribution in [-0.4, -0.2) is 42.2 Å². The Morgan fingerprint density at radius 2 is 1.71 bits per heavy atom. The number of aryl methyl sites for hydroxylation is 2. The monoisotopic (exact) mass is 421 g/mol. The minimum Gasteiger partial charge on any atom is -0.378 e. The first-order chi connectivity index (χ1) is 15.0. The Labute approximate surface area is 180 Å². The van der Waals surface area contributed by atoms with Crippen molar-refractivity contribution in [1.82, 2.24) is 9.97 Å². The normalized spacial score (nSPS) is 13.7. The molecule has 2 N–H and O–H groups in total. The van der Waals surface area contributed by atoms with Gasteiger partial charge in [0.05, 0.1) is 13.2 Å².